The van der Waals surface area contributed by atoms with E-state index in [-0.39, 0.29) is 28.0 Å². The van der Waals surface area contributed by atoms with Gasteiger partial charge in [0, 0.05) is 11.1 Å². The van der Waals surface area contributed by atoms with Crippen molar-refractivity contribution in [1.82, 2.24) is 9.80 Å². The Balaban J connectivity index is 1.92. The van der Waals surface area contributed by atoms with Crippen LogP contribution in [0, 0.1) is 5.82 Å². The zero-order valence-corrected chi connectivity index (χ0v) is 18.1. The Labute approximate surface area is 194 Å². The molecular weight excluding hydrogens is 439 g/mol. The first kappa shape index (κ1) is 22.7. The second-order valence-corrected chi connectivity index (χ2v) is 7.68. The monoisotopic (exact) mass is 458 g/mol. The predicted octanol–water partition coefficient (Wildman–Crippen LogP) is 3.95. The van der Waals surface area contributed by atoms with Gasteiger partial charge in [0.1, 0.15) is 5.82 Å². The van der Waals surface area contributed by atoms with E-state index in [0.717, 1.165) is 12.1 Å². The molecule has 6 amide bonds. The van der Waals surface area contributed by atoms with Crippen molar-refractivity contribution in [3.8, 4) is 0 Å². The van der Waals surface area contributed by atoms with Crippen LogP contribution < -0.4 is 0 Å². The van der Waals surface area contributed by atoms with Crippen LogP contribution in [0.5, 0.6) is 0 Å². The van der Waals surface area contributed by atoms with Gasteiger partial charge in [0.15, 0.2) is 5.41 Å². The van der Waals surface area contributed by atoms with E-state index < -0.39 is 40.9 Å². The van der Waals surface area contributed by atoms with Gasteiger partial charge < -0.3 is 0 Å². The molecule has 1 heterocycles. The average Bonchev–Trinajstić information content (AvgIpc) is 2.85. The third-order valence-electron chi connectivity index (χ3n) is 5.81. The van der Waals surface area contributed by atoms with Crippen LogP contribution in [0.4, 0.5) is 9.18 Å². The Kier molecular flexibility index (Phi) is 5.89. The van der Waals surface area contributed by atoms with Crippen molar-refractivity contribution < 1.29 is 28.4 Å². The molecule has 1 saturated heterocycles. The van der Waals surface area contributed by atoms with Crippen LogP contribution in [0.3, 0.4) is 0 Å². The summed E-state index contributed by atoms with van der Waals surface area (Å²) >= 11 is 0. The van der Waals surface area contributed by atoms with Gasteiger partial charge in [-0.05, 0) is 42.3 Å². The molecule has 8 heteroatoms. The first-order valence-electron chi connectivity index (χ1n) is 10.5. The van der Waals surface area contributed by atoms with Crippen LogP contribution in [0.15, 0.2) is 84.9 Å². The highest BCUT2D eigenvalue weighted by Gasteiger charge is 2.60. The van der Waals surface area contributed by atoms with Gasteiger partial charge in [-0.15, -0.1) is 0 Å². The molecule has 170 valence electrons. The minimum Gasteiger partial charge on any atom is -0.272 e. The maximum Gasteiger partial charge on any atom is 0.347 e. The minimum absolute atomic E-state index is 0.0229. The van der Waals surface area contributed by atoms with Crippen LogP contribution in [0.1, 0.15) is 39.6 Å². The molecule has 1 fully saturated rings. The Morgan fingerprint density at radius 1 is 0.735 bits per heavy atom. The molecule has 0 unspecified atom stereocenters. The number of hydrogen-bond donors (Lipinski definition) is 0. The third-order valence-corrected chi connectivity index (χ3v) is 5.81. The fourth-order valence-electron chi connectivity index (χ4n) is 4.04. The Morgan fingerprint density at radius 3 is 1.76 bits per heavy atom. The Hall–Kier alpha value is -4.46. The molecule has 0 aromatic heterocycles. The topological polar surface area (TPSA) is 91.8 Å². The van der Waals surface area contributed by atoms with Gasteiger partial charge in [0.25, 0.3) is 23.6 Å². The van der Waals surface area contributed by atoms with Crippen molar-refractivity contribution in [2.24, 2.45) is 0 Å². The molecule has 1 aliphatic rings. The number of hydrogen-bond acceptors (Lipinski definition) is 5. The van der Waals surface area contributed by atoms with Gasteiger partial charge >= 0.3 is 6.03 Å². The number of nitrogens with zero attached hydrogens (tertiary/aromatic N) is 2. The number of carbonyl (C=O) groups is 5. The molecular formula is C26H19FN2O5. The highest BCUT2D eigenvalue weighted by molar-refractivity contribution is 6.35. The molecule has 0 N–H and O–H groups in total. The molecule has 0 aliphatic carbocycles. The van der Waals surface area contributed by atoms with E-state index in [4.69, 9.17) is 0 Å². The van der Waals surface area contributed by atoms with Gasteiger partial charge in [-0.25, -0.2) is 9.18 Å². The molecule has 1 atom stereocenters. The maximum absolute atomic E-state index is 13.8. The van der Waals surface area contributed by atoms with Gasteiger partial charge in [0.05, 0.1) is 0 Å². The van der Waals surface area contributed by atoms with Crippen LogP contribution in [-0.4, -0.2) is 39.5 Å². The van der Waals surface area contributed by atoms with E-state index in [0.29, 0.717) is 4.90 Å². The standard InChI is InChI=1S/C26H19FN2O5/c1-2-26(19-13-7-4-8-14-19)23(32)28(21(30)17-10-5-3-6-11-17)25(34)29(24(26)33)22(31)18-12-9-15-20(27)16-18/h3-16H,2H2,1H3/t26-/m0/s1. The summed E-state index contributed by atoms with van der Waals surface area (Å²) in [7, 11) is 0. The molecule has 0 radical (unpaired) electrons. The number of barbiturate groups is 1. The average molecular weight is 458 g/mol. The van der Waals surface area contributed by atoms with Gasteiger partial charge in [-0.2, -0.15) is 9.80 Å². The van der Waals surface area contributed by atoms with Crippen LogP contribution >= 0.6 is 0 Å². The van der Waals surface area contributed by atoms with E-state index in [9.17, 15) is 28.4 Å². The minimum atomic E-state index is -2.01. The number of benzene rings is 3. The summed E-state index contributed by atoms with van der Waals surface area (Å²) in [5.74, 6) is -5.01. The van der Waals surface area contributed by atoms with Crippen molar-refractivity contribution in [2.45, 2.75) is 18.8 Å². The second kappa shape index (κ2) is 8.82. The van der Waals surface area contributed by atoms with Gasteiger partial charge in [0.2, 0.25) is 0 Å². The summed E-state index contributed by atoms with van der Waals surface area (Å²) in [4.78, 5) is 68.0. The van der Waals surface area contributed by atoms with E-state index in [2.05, 4.69) is 0 Å². The SMILES string of the molecule is CC[C@]1(c2ccccc2)C(=O)N(C(=O)c2ccccc2)C(=O)N(C(=O)c2cccc(F)c2)C1=O. The first-order chi connectivity index (χ1) is 16.3. The molecule has 0 saturated carbocycles. The lowest BCUT2D eigenvalue weighted by molar-refractivity contribution is -0.148. The van der Waals surface area contributed by atoms with Crippen molar-refractivity contribution in [3.63, 3.8) is 0 Å². The Morgan fingerprint density at radius 2 is 1.24 bits per heavy atom. The zero-order chi connectivity index (χ0) is 24.5. The van der Waals surface area contributed by atoms with E-state index in [1.54, 1.807) is 43.3 Å². The molecule has 3 aromatic carbocycles. The fourth-order valence-corrected chi connectivity index (χ4v) is 4.04. The van der Waals surface area contributed by atoms with Crippen LogP contribution in [0.2, 0.25) is 0 Å². The van der Waals surface area contributed by atoms with Crippen LogP contribution in [0.25, 0.3) is 0 Å². The lowest BCUT2D eigenvalue weighted by Gasteiger charge is -2.42. The smallest absolute Gasteiger partial charge is 0.272 e. The van der Waals surface area contributed by atoms with E-state index in [1.807, 2.05) is 0 Å². The molecule has 1 aliphatic heterocycles. The van der Waals surface area contributed by atoms with E-state index in [1.165, 1.54) is 36.4 Å². The lowest BCUT2D eigenvalue weighted by atomic mass is 9.74. The highest BCUT2D eigenvalue weighted by atomic mass is 19.1. The summed E-state index contributed by atoms with van der Waals surface area (Å²) in [5, 5.41) is 0. The Bertz CT molecular complexity index is 1310. The maximum atomic E-state index is 13.8. The van der Waals surface area contributed by atoms with E-state index >= 15 is 0 Å². The third kappa shape index (κ3) is 3.49. The summed E-state index contributed by atoms with van der Waals surface area (Å²) < 4.78 is 13.8. The molecule has 4 rings (SSSR count). The lowest BCUT2D eigenvalue weighted by Crippen LogP contribution is -2.69. The summed E-state index contributed by atoms with van der Waals surface area (Å²) in [6, 6.07) is 18.6. The number of imide groups is 6. The molecule has 34 heavy (non-hydrogen) atoms. The zero-order valence-electron chi connectivity index (χ0n) is 18.1. The van der Waals surface area contributed by atoms with Gasteiger partial charge in [-0.1, -0.05) is 61.5 Å². The number of amides is 6. The summed E-state index contributed by atoms with van der Waals surface area (Å²) in [5.41, 5.74) is -2.04. The number of halogens is 1. The first-order valence-corrected chi connectivity index (χ1v) is 10.5. The molecule has 0 bridgehead atoms. The fraction of sp³-hybridized carbons (Fsp3) is 0.115. The van der Waals surface area contributed by atoms with Crippen molar-refractivity contribution in [3.05, 3.63) is 107 Å². The predicted molar refractivity (Wildman–Crippen MR) is 119 cm³/mol. The highest BCUT2D eigenvalue weighted by Crippen LogP contribution is 2.38. The molecule has 7 nitrogen and oxygen atoms in total. The van der Waals surface area contributed by atoms with Crippen LogP contribution in [-0.2, 0) is 15.0 Å². The van der Waals surface area contributed by atoms with Crippen molar-refractivity contribution in [2.75, 3.05) is 0 Å². The molecule has 3 aromatic rings. The normalized spacial score (nSPS) is 18.2. The quantitative estimate of drug-likeness (QED) is 0.436. The van der Waals surface area contributed by atoms with Crippen molar-refractivity contribution in [1.29, 1.82) is 0 Å². The number of rotatable bonds is 4. The van der Waals surface area contributed by atoms with Crippen molar-refractivity contribution >= 4 is 29.7 Å². The number of carbonyl (C=O) groups excluding carboxylic acids is 5. The van der Waals surface area contributed by atoms with Gasteiger partial charge in [-0.3, -0.25) is 19.2 Å². The second-order valence-electron chi connectivity index (χ2n) is 7.68. The summed E-state index contributed by atoms with van der Waals surface area (Å²) in [6.07, 6.45) is -0.131. The molecule has 0 spiro atoms. The number of urea groups is 1. The largest absolute Gasteiger partial charge is 0.347 e. The summed E-state index contributed by atoms with van der Waals surface area (Å²) in [6.45, 7) is 1.55.